The fourth-order valence-corrected chi connectivity index (χ4v) is 2.81. The Labute approximate surface area is 144 Å². The highest BCUT2D eigenvalue weighted by Crippen LogP contribution is 2.14. The first-order valence-corrected chi connectivity index (χ1v) is 8.32. The quantitative estimate of drug-likeness (QED) is 0.850. The minimum absolute atomic E-state index is 0.0523. The number of benzene rings is 1. The standard InChI is InChI=1S/C19H27N3O2/c1-13(6-7-16-8-10-17(24-5)11-9-16)20-19(23)12-18-14(2)21-22(4)15(18)3/h8-11,13H,6-7,12H2,1-5H3,(H,20,23). The van der Waals surface area contributed by atoms with E-state index in [0.717, 1.165) is 35.5 Å². The minimum Gasteiger partial charge on any atom is -0.497 e. The van der Waals surface area contributed by atoms with Gasteiger partial charge in [-0.25, -0.2) is 0 Å². The number of carbonyl (C=O) groups excluding carboxylic acids is 1. The van der Waals surface area contributed by atoms with E-state index in [-0.39, 0.29) is 11.9 Å². The van der Waals surface area contributed by atoms with Crippen LogP contribution in [-0.4, -0.2) is 28.8 Å². The van der Waals surface area contributed by atoms with Gasteiger partial charge in [0.1, 0.15) is 5.75 Å². The number of hydrogen-bond donors (Lipinski definition) is 1. The number of methoxy groups -OCH3 is 1. The van der Waals surface area contributed by atoms with Crippen molar-refractivity contribution in [1.29, 1.82) is 0 Å². The minimum atomic E-state index is 0.0523. The molecule has 1 amide bonds. The molecule has 1 unspecified atom stereocenters. The van der Waals surface area contributed by atoms with Crippen molar-refractivity contribution in [1.82, 2.24) is 15.1 Å². The van der Waals surface area contributed by atoms with Gasteiger partial charge in [-0.15, -0.1) is 0 Å². The maximum Gasteiger partial charge on any atom is 0.224 e. The van der Waals surface area contributed by atoms with Crippen LogP contribution in [0.1, 0.15) is 35.9 Å². The molecule has 2 rings (SSSR count). The van der Waals surface area contributed by atoms with E-state index in [2.05, 4.69) is 22.5 Å². The Morgan fingerprint density at radius 3 is 2.50 bits per heavy atom. The molecule has 5 nitrogen and oxygen atoms in total. The van der Waals surface area contributed by atoms with Crippen molar-refractivity contribution >= 4 is 5.91 Å². The molecule has 0 radical (unpaired) electrons. The summed E-state index contributed by atoms with van der Waals surface area (Å²) in [5, 5.41) is 7.44. The van der Waals surface area contributed by atoms with E-state index in [1.807, 2.05) is 44.6 Å². The van der Waals surface area contributed by atoms with Crippen molar-refractivity contribution in [2.75, 3.05) is 7.11 Å². The molecule has 0 spiro atoms. The second-order valence-corrected chi connectivity index (χ2v) is 6.31. The second-order valence-electron chi connectivity index (χ2n) is 6.31. The lowest BCUT2D eigenvalue weighted by molar-refractivity contribution is -0.121. The van der Waals surface area contributed by atoms with Crippen molar-refractivity contribution in [3.8, 4) is 5.75 Å². The predicted octanol–water partition coefficient (Wildman–Crippen LogP) is 2.73. The van der Waals surface area contributed by atoms with E-state index in [1.165, 1.54) is 5.56 Å². The van der Waals surface area contributed by atoms with Crippen LogP contribution in [-0.2, 0) is 24.7 Å². The van der Waals surface area contributed by atoms with Gasteiger partial charge in [0.15, 0.2) is 0 Å². The van der Waals surface area contributed by atoms with Gasteiger partial charge in [0.05, 0.1) is 19.2 Å². The average molecular weight is 329 g/mol. The zero-order chi connectivity index (χ0) is 17.7. The van der Waals surface area contributed by atoms with E-state index < -0.39 is 0 Å². The van der Waals surface area contributed by atoms with Crippen molar-refractivity contribution in [3.05, 3.63) is 46.8 Å². The van der Waals surface area contributed by atoms with E-state index in [9.17, 15) is 4.79 Å². The molecule has 0 bridgehead atoms. The van der Waals surface area contributed by atoms with Gasteiger partial charge < -0.3 is 10.1 Å². The lowest BCUT2D eigenvalue weighted by Crippen LogP contribution is -2.34. The maximum atomic E-state index is 12.3. The predicted molar refractivity (Wildman–Crippen MR) is 95.3 cm³/mol. The molecule has 1 N–H and O–H groups in total. The second kappa shape index (κ2) is 7.99. The zero-order valence-electron chi connectivity index (χ0n) is 15.2. The van der Waals surface area contributed by atoms with Crippen LogP contribution in [0.5, 0.6) is 5.75 Å². The summed E-state index contributed by atoms with van der Waals surface area (Å²) in [6.07, 6.45) is 2.22. The normalized spacial score (nSPS) is 12.0. The summed E-state index contributed by atoms with van der Waals surface area (Å²) in [6, 6.07) is 8.20. The van der Waals surface area contributed by atoms with Gasteiger partial charge in [-0.05, 0) is 51.3 Å². The van der Waals surface area contributed by atoms with Crippen molar-refractivity contribution in [2.24, 2.45) is 7.05 Å². The van der Waals surface area contributed by atoms with E-state index >= 15 is 0 Å². The topological polar surface area (TPSA) is 56.1 Å². The first-order chi connectivity index (χ1) is 11.4. The SMILES string of the molecule is COc1ccc(CCC(C)NC(=O)Cc2c(C)nn(C)c2C)cc1. The number of amides is 1. The Bertz CT molecular complexity index is 689. The molecule has 24 heavy (non-hydrogen) atoms. The van der Waals surface area contributed by atoms with Gasteiger partial charge in [0.25, 0.3) is 0 Å². The Kier molecular flexibility index (Phi) is 6.01. The number of aryl methyl sites for hydroxylation is 3. The van der Waals surface area contributed by atoms with Gasteiger partial charge in [0, 0.05) is 24.3 Å². The van der Waals surface area contributed by atoms with Crippen LogP contribution >= 0.6 is 0 Å². The molecule has 130 valence electrons. The van der Waals surface area contributed by atoms with E-state index in [4.69, 9.17) is 4.74 Å². The summed E-state index contributed by atoms with van der Waals surface area (Å²) < 4.78 is 6.99. The molecule has 1 heterocycles. The Balaban J connectivity index is 1.82. The van der Waals surface area contributed by atoms with Crippen molar-refractivity contribution in [3.63, 3.8) is 0 Å². The van der Waals surface area contributed by atoms with E-state index in [0.29, 0.717) is 6.42 Å². The van der Waals surface area contributed by atoms with Gasteiger partial charge in [-0.2, -0.15) is 5.10 Å². The molecule has 0 saturated carbocycles. The third kappa shape index (κ3) is 4.60. The highest BCUT2D eigenvalue weighted by molar-refractivity contribution is 5.79. The number of aromatic nitrogens is 2. The third-order valence-corrected chi connectivity index (χ3v) is 4.43. The van der Waals surface area contributed by atoms with Crippen molar-refractivity contribution < 1.29 is 9.53 Å². The number of nitrogens with one attached hydrogen (secondary N) is 1. The Hall–Kier alpha value is -2.30. The molecule has 1 aromatic carbocycles. The number of nitrogens with zero attached hydrogens (tertiary/aromatic N) is 2. The lowest BCUT2D eigenvalue weighted by atomic mass is 10.1. The summed E-state index contributed by atoms with van der Waals surface area (Å²) in [5.74, 6) is 0.916. The first kappa shape index (κ1) is 18.0. The monoisotopic (exact) mass is 329 g/mol. The lowest BCUT2D eigenvalue weighted by Gasteiger charge is -2.14. The average Bonchev–Trinajstić information content (AvgIpc) is 2.79. The fraction of sp³-hybridized carbons (Fsp3) is 0.474. The van der Waals surface area contributed by atoms with Crippen LogP contribution in [0, 0.1) is 13.8 Å². The highest BCUT2D eigenvalue weighted by atomic mass is 16.5. The molecule has 1 aromatic heterocycles. The number of hydrogen-bond acceptors (Lipinski definition) is 3. The molecule has 2 aromatic rings. The largest absolute Gasteiger partial charge is 0.497 e. The summed E-state index contributed by atoms with van der Waals surface area (Å²) in [6.45, 7) is 5.99. The van der Waals surface area contributed by atoms with Gasteiger partial charge in [0.2, 0.25) is 5.91 Å². The smallest absolute Gasteiger partial charge is 0.224 e. The summed E-state index contributed by atoms with van der Waals surface area (Å²) in [4.78, 5) is 12.3. The molecule has 0 saturated heterocycles. The number of ether oxygens (including phenoxy) is 1. The third-order valence-electron chi connectivity index (χ3n) is 4.43. The summed E-state index contributed by atoms with van der Waals surface area (Å²) in [5.41, 5.74) is 4.25. The molecule has 0 fully saturated rings. The van der Waals surface area contributed by atoms with Gasteiger partial charge >= 0.3 is 0 Å². The fourth-order valence-electron chi connectivity index (χ4n) is 2.81. The molecular formula is C19H27N3O2. The van der Waals surface area contributed by atoms with Crippen LogP contribution in [0.4, 0.5) is 0 Å². The molecule has 0 aliphatic heterocycles. The van der Waals surface area contributed by atoms with Crippen LogP contribution in [0.3, 0.4) is 0 Å². The Morgan fingerprint density at radius 1 is 1.29 bits per heavy atom. The molecule has 0 aliphatic carbocycles. The highest BCUT2D eigenvalue weighted by Gasteiger charge is 2.15. The number of rotatable bonds is 7. The molecule has 1 atom stereocenters. The molecule has 0 aliphatic rings. The van der Waals surface area contributed by atoms with Crippen LogP contribution in [0.2, 0.25) is 0 Å². The van der Waals surface area contributed by atoms with Gasteiger partial charge in [-0.3, -0.25) is 9.48 Å². The molecule has 5 heteroatoms. The van der Waals surface area contributed by atoms with Gasteiger partial charge in [-0.1, -0.05) is 12.1 Å². The molecular weight excluding hydrogens is 302 g/mol. The van der Waals surface area contributed by atoms with E-state index in [1.54, 1.807) is 7.11 Å². The van der Waals surface area contributed by atoms with Crippen molar-refractivity contribution in [2.45, 2.75) is 46.1 Å². The maximum absolute atomic E-state index is 12.3. The summed E-state index contributed by atoms with van der Waals surface area (Å²) >= 11 is 0. The number of carbonyl (C=O) groups is 1. The van der Waals surface area contributed by atoms with Crippen LogP contribution < -0.4 is 10.1 Å². The summed E-state index contributed by atoms with van der Waals surface area (Å²) in [7, 11) is 3.57. The van der Waals surface area contributed by atoms with Crippen LogP contribution in [0.25, 0.3) is 0 Å². The van der Waals surface area contributed by atoms with Crippen LogP contribution in [0.15, 0.2) is 24.3 Å². The Morgan fingerprint density at radius 2 is 1.96 bits per heavy atom. The zero-order valence-corrected chi connectivity index (χ0v) is 15.2. The first-order valence-electron chi connectivity index (χ1n) is 8.32.